The van der Waals surface area contributed by atoms with Crippen LogP contribution in [0.5, 0.6) is 0 Å². The monoisotopic (exact) mass is 259 g/mol. The number of carbonyl (C=O) groups is 1. The fourth-order valence-corrected chi connectivity index (χ4v) is 1.93. The first-order valence-electron chi connectivity index (χ1n) is 5.80. The van der Waals surface area contributed by atoms with E-state index < -0.39 is 0 Å². The lowest BCUT2D eigenvalue weighted by atomic mass is 10.0. The Morgan fingerprint density at radius 3 is 2.44 bits per heavy atom. The van der Waals surface area contributed by atoms with Crippen molar-refractivity contribution in [2.75, 3.05) is 6.54 Å². The summed E-state index contributed by atoms with van der Waals surface area (Å²) in [5, 5.41) is 0.628. The molecule has 0 saturated heterocycles. The molecule has 0 aliphatic heterocycles. The van der Waals surface area contributed by atoms with Crippen LogP contribution in [0.1, 0.15) is 21.5 Å². The van der Waals surface area contributed by atoms with E-state index in [1.165, 1.54) is 0 Å². The van der Waals surface area contributed by atoms with Gasteiger partial charge in [0.1, 0.15) is 0 Å². The van der Waals surface area contributed by atoms with Crippen molar-refractivity contribution < 1.29 is 4.79 Å². The van der Waals surface area contributed by atoms with Gasteiger partial charge in [0.15, 0.2) is 5.78 Å². The maximum absolute atomic E-state index is 12.2. The molecule has 0 fully saturated rings. The maximum atomic E-state index is 12.2. The van der Waals surface area contributed by atoms with Crippen LogP contribution < -0.4 is 5.73 Å². The molecule has 18 heavy (non-hydrogen) atoms. The number of ketones is 1. The summed E-state index contributed by atoms with van der Waals surface area (Å²) >= 11 is 5.80. The molecule has 0 atom stereocenters. The molecule has 2 aromatic carbocycles. The minimum atomic E-state index is 0.00513. The average Bonchev–Trinajstić information content (AvgIpc) is 2.39. The zero-order valence-corrected chi connectivity index (χ0v) is 10.7. The topological polar surface area (TPSA) is 43.1 Å². The predicted molar refractivity (Wildman–Crippen MR) is 74.1 cm³/mol. The third-order valence-corrected chi connectivity index (χ3v) is 2.98. The predicted octanol–water partition coefficient (Wildman–Crippen LogP) is 3.07. The van der Waals surface area contributed by atoms with Crippen LogP contribution >= 0.6 is 11.6 Å². The Hall–Kier alpha value is -1.64. The molecule has 92 valence electrons. The number of hydrogen-bond acceptors (Lipinski definition) is 2. The van der Waals surface area contributed by atoms with Gasteiger partial charge < -0.3 is 5.73 Å². The third-order valence-electron chi connectivity index (χ3n) is 2.73. The highest BCUT2D eigenvalue weighted by Crippen LogP contribution is 2.15. The van der Waals surface area contributed by atoms with E-state index in [4.69, 9.17) is 17.3 Å². The minimum absolute atomic E-state index is 0.00513. The Morgan fingerprint density at radius 2 is 1.78 bits per heavy atom. The smallest absolute Gasteiger partial charge is 0.193 e. The number of rotatable bonds is 4. The van der Waals surface area contributed by atoms with Crippen LogP contribution in [0.2, 0.25) is 5.02 Å². The van der Waals surface area contributed by atoms with Crippen molar-refractivity contribution in [3.8, 4) is 0 Å². The molecule has 0 radical (unpaired) electrons. The summed E-state index contributed by atoms with van der Waals surface area (Å²) in [4.78, 5) is 12.2. The Balaban J connectivity index is 2.28. The summed E-state index contributed by atoms with van der Waals surface area (Å²) in [5.41, 5.74) is 7.92. The molecule has 0 bridgehead atoms. The van der Waals surface area contributed by atoms with Gasteiger partial charge in [0.05, 0.1) is 0 Å². The molecular weight excluding hydrogens is 246 g/mol. The van der Waals surface area contributed by atoms with Gasteiger partial charge in [-0.05, 0) is 48.9 Å². The SMILES string of the molecule is NCCc1cccc(C(=O)c2ccc(Cl)cc2)c1. The van der Waals surface area contributed by atoms with Crippen molar-refractivity contribution in [3.63, 3.8) is 0 Å². The molecule has 0 amide bonds. The molecule has 0 unspecified atom stereocenters. The van der Waals surface area contributed by atoms with Crippen LogP contribution in [0.3, 0.4) is 0 Å². The van der Waals surface area contributed by atoms with Gasteiger partial charge in [-0.15, -0.1) is 0 Å². The van der Waals surface area contributed by atoms with Crippen LogP contribution in [0.15, 0.2) is 48.5 Å². The quantitative estimate of drug-likeness (QED) is 0.858. The van der Waals surface area contributed by atoms with E-state index in [2.05, 4.69) is 0 Å². The van der Waals surface area contributed by atoms with E-state index >= 15 is 0 Å². The van der Waals surface area contributed by atoms with Crippen molar-refractivity contribution >= 4 is 17.4 Å². The second-order valence-electron chi connectivity index (χ2n) is 4.08. The van der Waals surface area contributed by atoms with Crippen LogP contribution in [-0.4, -0.2) is 12.3 Å². The number of halogens is 1. The Labute approximate surface area is 111 Å². The van der Waals surface area contributed by atoms with Gasteiger partial charge >= 0.3 is 0 Å². The molecule has 0 heterocycles. The highest BCUT2D eigenvalue weighted by molar-refractivity contribution is 6.30. The summed E-state index contributed by atoms with van der Waals surface area (Å²) in [7, 11) is 0. The van der Waals surface area contributed by atoms with Gasteiger partial charge in [0, 0.05) is 16.1 Å². The van der Waals surface area contributed by atoms with E-state index in [1.54, 1.807) is 24.3 Å². The molecule has 0 aromatic heterocycles. The fraction of sp³-hybridized carbons (Fsp3) is 0.133. The Bertz CT molecular complexity index is 549. The van der Waals surface area contributed by atoms with E-state index in [1.807, 2.05) is 24.3 Å². The summed E-state index contributed by atoms with van der Waals surface area (Å²) in [5.74, 6) is 0.00513. The highest BCUT2D eigenvalue weighted by atomic mass is 35.5. The summed E-state index contributed by atoms with van der Waals surface area (Å²) in [6.45, 7) is 0.582. The highest BCUT2D eigenvalue weighted by Gasteiger charge is 2.09. The third kappa shape index (κ3) is 2.97. The van der Waals surface area contributed by atoms with Crippen LogP contribution in [0.25, 0.3) is 0 Å². The fourth-order valence-electron chi connectivity index (χ4n) is 1.80. The minimum Gasteiger partial charge on any atom is -0.330 e. The second-order valence-corrected chi connectivity index (χ2v) is 4.51. The van der Waals surface area contributed by atoms with Crippen molar-refractivity contribution in [3.05, 3.63) is 70.2 Å². The Kier molecular flexibility index (Phi) is 4.13. The maximum Gasteiger partial charge on any atom is 0.193 e. The Morgan fingerprint density at radius 1 is 1.06 bits per heavy atom. The van der Waals surface area contributed by atoms with Gasteiger partial charge in [-0.25, -0.2) is 0 Å². The average molecular weight is 260 g/mol. The van der Waals surface area contributed by atoms with Crippen molar-refractivity contribution in [2.45, 2.75) is 6.42 Å². The zero-order valence-electron chi connectivity index (χ0n) is 9.90. The van der Waals surface area contributed by atoms with Crippen LogP contribution in [0, 0.1) is 0 Å². The molecule has 0 saturated carbocycles. The molecule has 2 nitrogen and oxygen atoms in total. The zero-order chi connectivity index (χ0) is 13.0. The number of benzene rings is 2. The number of nitrogens with two attached hydrogens (primary N) is 1. The van der Waals surface area contributed by atoms with E-state index in [9.17, 15) is 4.79 Å². The summed E-state index contributed by atoms with van der Waals surface area (Å²) in [6.07, 6.45) is 0.780. The second kappa shape index (κ2) is 5.80. The standard InChI is InChI=1S/C15H14ClNO/c16-14-6-4-12(5-7-14)15(18)13-3-1-2-11(10-13)8-9-17/h1-7,10H,8-9,17H2. The van der Waals surface area contributed by atoms with Crippen molar-refractivity contribution in [1.82, 2.24) is 0 Å². The molecule has 2 N–H and O–H groups in total. The molecule has 2 rings (SSSR count). The van der Waals surface area contributed by atoms with E-state index in [-0.39, 0.29) is 5.78 Å². The normalized spacial score (nSPS) is 10.3. The molecular formula is C15H14ClNO. The number of hydrogen-bond donors (Lipinski definition) is 1. The first-order valence-corrected chi connectivity index (χ1v) is 6.18. The van der Waals surface area contributed by atoms with E-state index in [0.717, 1.165) is 12.0 Å². The lowest BCUT2D eigenvalue weighted by Gasteiger charge is -2.04. The lowest BCUT2D eigenvalue weighted by molar-refractivity contribution is 0.103. The van der Waals surface area contributed by atoms with Gasteiger partial charge in [-0.3, -0.25) is 4.79 Å². The summed E-state index contributed by atoms with van der Waals surface area (Å²) in [6, 6.07) is 14.5. The molecule has 0 aliphatic rings. The van der Waals surface area contributed by atoms with Crippen LogP contribution in [-0.2, 0) is 6.42 Å². The first kappa shape index (κ1) is 12.8. The van der Waals surface area contributed by atoms with Crippen molar-refractivity contribution in [2.24, 2.45) is 5.73 Å². The molecule has 0 spiro atoms. The van der Waals surface area contributed by atoms with Crippen molar-refractivity contribution in [1.29, 1.82) is 0 Å². The first-order chi connectivity index (χ1) is 8.70. The molecule has 2 aromatic rings. The number of carbonyl (C=O) groups excluding carboxylic acids is 1. The van der Waals surface area contributed by atoms with Gasteiger partial charge in [0.2, 0.25) is 0 Å². The van der Waals surface area contributed by atoms with Gasteiger partial charge in [-0.1, -0.05) is 29.8 Å². The molecule has 3 heteroatoms. The van der Waals surface area contributed by atoms with E-state index in [0.29, 0.717) is 22.7 Å². The van der Waals surface area contributed by atoms with Crippen LogP contribution in [0.4, 0.5) is 0 Å². The summed E-state index contributed by atoms with van der Waals surface area (Å²) < 4.78 is 0. The molecule has 0 aliphatic carbocycles. The van der Waals surface area contributed by atoms with Gasteiger partial charge in [-0.2, -0.15) is 0 Å². The van der Waals surface area contributed by atoms with Gasteiger partial charge in [0.25, 0.3) is 0 Å². The lowest BCUT2D eigenvalue weighted by Crippen LogP contribution is -2.05. The largest absolute Gasteiger partial charge is 0.330 e.